The molecule has 0 saturated carbocycles. The number of pyridine rings is 1. The largest absolute Gasteiger partial charge is 0.493 e. The third-order valence-electron chi connectivity index (χ3n) is 4.05. The summed E-state index contributed by atoms with van der Waals surface area (Å²) < 4.78 is 12.9. The molecule has 0 saturated heterocycles. The number of rotatable bonds is 4. The smallest absolute Gasteiger partial charge is 0.229 e. The molecule has 9 heteroatoms. The zero-order valence-electron chi connectivity index (χ0n) is 16.2. The van der Waals surface area contributed by atoms with Crippen molar-refractivity contribution in [2.24, 2.45) is 0 Å². The van der Waals surface area contributed by atoms with Gasteiger partial charge >= 0.3 is 0 Å². The predicted octanol–water partition coefficient (Wildman–Crippen LogP) is 2.99. The first-order chi connectivity index (χ1) is 13.6. The minimum absolute atomic E-state index is 0. The lowest BCUT2D eigenvalue weighted by Gasteiger charge is -2.26. The van der Waals surface area contributed by atoms with Crippen molar-refractivity contribution in [3.63, 3.8) is 0 Å². The van der Waals surface area contributed by atoms with Gasteiger partial charge in [0, 0.05) is 20.7 Å². The second-order valence-corrected chi connectivity index (χ2v) is 5.95. The number of aryl methyl sites for hydroxylation is 1. The Morgan fingerprint density at radius 2 is 2.04 bits per heavy atom. The molecule has 0 unspecified atom stereocenters. The summed E-state index contributed by atoms with van der Waals surface area (Å²) in [6, 6.07) is 1.85. The summed E-state index contributed by atoms with van der Waals surface area (Å²) in [6.07, 6.45) is 6.97. The van der Waals surface area contributed by atoms with Crippen LogP contribution in [0.2, 0.25) is 0 Å². The van der Waals surface area contributed by atoms with Gasteiger partial charge in [0.2, 0.25) is 5.95 Å². The number of methoxy groups -OCH3 is 1. The normalized spacial score (nSPS) is 12.3. The van der Waals surface area contributed by atoms with Gasteiger partial charge in [0.05, 0.1) is 37.4 Å². The van der Waals surface area contributed by atoms with Crippen molar-refractivity contribution >= 4 is 17.5 Å². The summed E-state index contributed by atoms with van der Waals surface area (Å²) in [5.74, 6) is 3.20. The van der Waals surface area contributed by atoms with Crippen LogP contribution < -0.4 is 19.7 Å². The Morgan fingerprint density at radius 1 is 1.21 bits per heavy atom. The highest BCUT2D eigenvalue weighted by Gasteiger charge is 2.18. The van der Waals surface area contributed by atoms with E-state index in [-0.39, 0.29) is 1.43 Å². The first kappa shape index (κ1) is 19.2. The van der Waals surface area contributed by atoms with Crippen LogP contribution in [0.4, 0.5) is 17.5 Å². The van der Waals surface area contributed by atoms with Gasteiger partial charge in [-0.15, -0.1) is 13.2 Å². The maximum atomic E-state index is 5.57. The van der Waals surface area contributed by atoms with Crippen molar-refractivity contribution in [2.45, 2.75) is 6.92 Å². The number of imidazole rings is 1. The van der Waals surface area contributed by atoms with Gasteiger partial charge in [-0.2, -0.15) is 4.98 Å². The van der Waals surface area contributed by atoms with E-state index in [9.17, 15) is 0 Å². The molecule has 0 aromatic carbocycles. The third kappa shape index (κ3) is 3.88. The molecule has 4 rings (SSSR count). The van der Waals surface area contributed by atoms with Crippen LogP contribution in [0.1, 0.15) is 7.12 Å². The first-order valence-electron chi connectivity index (χ1n) is 8.67. The SMILES string of the molecule is C=C.COc1cc(Nc2ncc3c(n2)N(C)CCO3)cnc1-n1cnc(C)c1.[HH]. The van der Waals surface area contributed by atoms with Crippen molar-refractivity contribution in [2.75, 3.05) is 37.5 Å². The van der Waals surface area contributed by atoms with Gasteiger partial charge in [0.1, 0.15) is 12.9 Å². The second-order valence-electron chi connectivity index (χ2n) is 5.95. The molecule has 1 aliphatic rings. The lowest BCUT2D eigenvalue weighted by atomic mass is 10.3. The monoisotopic (exact) mass is 383 g/mol. The Morgan fingerprint density at radius 3 is 2.75 bits per heavy atom. The van der Waals surface area contributed by atoms with Crippen LogP contribution >= 0.6 is 0 Å². The van der Waals surface area contributed by atoms with Gasteiger partial charge in [0.15, 0.2) is 23.1 Å². The average molecular weight is 383 g/mol. The number of nitrogens with zero attached hydrogens (tertiary/aromatic N) is 6. The standard InChI is InChI=1S/C17H19N7O2.C2H4.H2/c1-11-9-24(10-20-11)15-13(25-3)6-12(7-18-15)21-17-19-8-14-16(22-17)23(2)4-5-26-14;1-2;/h6-10H,4-5H2,1-3H3,(H,19,21,22);1-2H2;1H. The van der Waals surface area contributed by atoms with Crippen molar-refractivity contribution < 1.29 is 10.9 Å². The molecule has 0 aliphatic carbocycles. The number of aromatic nitrogens is 5. The molecule has 0 spiro atoms. The molecular weight excluding hydrogens is 358 g/mol. The molecule has 1 N–H and O–H groups in total. The summed E-state index contributed by atoms with van der Waals surface area (Å²) >= 11 is 0. The van der Waals surface area contributed by atoms with E-state index in [4.69, 9.17) is 9.47 Å². The molecule has 4 heterocycles. The highest BCUT2D eigenvalue weighted by Crippen LogP contribution is 2.30. The Bertz CT molecular complexity index is 963. The summed E-state index contributed by atoms with van der Waals surface area (Å²) in [4.78, 5) is 19.6. The quantitative estimate of drug-likeness (QED) is 0.688. The van der Waals surface area contributed by atoms with E-state index in [2.05, 4.69) is 38.4 Å². The van der Waals surface area contributed by atoms with Crippen LogP contribution in [-0.2, 0) is 0 Å². The Balaban J connectivity index is 0.000000970. The van der Waals surface area contributed by atoms with E-state index >= 15 is 0 Å². The molecule has 0 amide bonds. The zero-order valence-corrected chi connectivity index (χ0v) is 16.2. The molecule has 9 nitrogen and oxygen atoms in total. The third-order valence-corrected chi connectivity index (χ3v) is 4.05. The Hall–Kier alpha value is -3.62. The van der Waals surface area contributed by atoms with Crippen molar-refractivity contribution in [3.05, 3.63) is 49.8 Å². The van der Waals surface area contributed by atoms with Gasteiger partial charge in [0.25, 0.3) is 0 Å². The molecule has 148 valence electrons. The van der Waals surface area contributed by atoms with E-state index < -0.39 is 0 Å². The summed E-state index contributed by atoms with van der Waals surface area (Å²) in [5, 5.41) is 3.16. The number of hydrogen-bond acceptors (Lipinski definition) is 8. The molecule has 3 aromatic rings. The van der Waals surface area contributed by atoms with Crippen LogP contribution in [0, 0.1) is 6.92 Å². The van der Waals surface area contributed by atoms with Gasteiger partial charge < -0.3 is 19.7 Å². The first-order valence-corrected chi connectivity index (χ1v) is 8.67. The maximum absolute atomic E-state index is 5.57. The van der Waals surface area contributed by atoms with Crippen LogP contribution in [0.25, 0.3) is 5.82 Å². The van der Waals surface area contributed by atoms with E-state index in [0.717, 1.165) is 23.7 Å². The van der Waals surface area contributed by atoms with Crippen LogP contribution in [-0.4, -0.2) is 51.8 Å². The number of ether oxygens (including phenoxy) is 2. The summed E-state index contributed by atoms with van der Waals surface area (Å²) in [6.45, 7) is 9.35. The Labute approximate surface area is 165 Å². The van der Waals surface area contributed by atoms with E-state index in [1.54, 1.807) is 25.8 Å². The highest BCUT2D eigenvalue weighted by molar-refractivity contribution is 5.61. The molecule has 3 aromatic heterocycles. The molecular formula is C19H25N7O2. The lowest BCUT2D eigenvalue weighted by molar-refractivity contribution is 0.307. The number of fused-ring (bicyclic) bond motifs is 1. The van der Waals surface area contributed by atoms with Crippen molar-refractivity contribution in [1.29, 1.82) is 0 Å². The summed E-state index contributed by atoms with van der Waals surface area (Å²) in [7, 11) is 3.58. The Kier molecular flexibility index (Phi) is 5.73. The zero-order chi connectivity index (χ0) is 20.1. The maximum Gasteiger partial charge on any atom is 0.229 e. The number of hydrogen-bond donors (Lipinski definition) is 1. The van der Waals surface area contributed by atoms with Crippen molar-refractivity contribution in [3.8, 4) is 17.3 Å². The van der Waals surface area contributed by atoms with Crippen LogP contribution in [0.15, 0.2) is 44.1 Å². The number of likely N-dealkylation sites (N-methyl/N-ethyl adjacent to an activating group) is 1. The molecule has 0 atom stereocenters. The lowest BCUT2D eigenvalue weighted by Crippen LogP contribution is -2.30. The van der Waals surface area contributed by atoms with Gasteiger partial charge in [-0.05, 0) is 6.92 Å². The molecule has 1 aliphatic heterocycles. The summed E-state index contributed by atoms with van der Waals surface area (Å²) in [5.41, 5.74) is 1.63. The fourth-order valence-electron chi connectivity index (χ4n) is 2.71. The fourth-order valence-corrected chi connectivity index (χ4v) is 2.71. The minimum Gasteiger partial charge on any atom is -0.493 e. The predicted molar refractivity (Wildman–Crippen MR) is 110 cm³/mol. The van der Waals surface area contributed by atoms with E-state index in [1.807, 2.05) is 35.7 Å². The minimum atomic E-state index is 0. The second kappa shape index (κ2) is 8.38. The van der Waals surface area contributed by atoms with E-state index in [1.165, 1.54) is 0 Å². The average Bonchev–Trinajstić information content (AvgIpc) is 3.16. The van der Waals surface area contributed by atoms with E-state index in [0.29, 0.717) is 29.9 Å². The van der Waals surface area contributed by atoms with Gasteiger partial charge in [-0.25, -0.2) is 15.0 Å². The van der Waals surface area contributed by atoms with Gasteiger partial charge in [-0.3, -0.25) is 4.57 Å². The molecule has 28 heavy (non-hydrogen) atoms. The number of anilines is 3. The topological polar surface area (TPSA) is 90.2 Å². The molecule has 0 fully saturated rings. The molecule has 0 radical (unpaired) electrons. The highest BCUT2D eigenvalue weighted by atomic mass is 16.5. The van der Waals surface area contributed by atoms with Crippen LogP contribution in [0.3, 0.4) is 0 Å². The van der Waals surface area contributed by atoms with Gasteiger partial charge in [-0.1, -0.05) is 0 Å². The van der Waals surface area contributed by atoms with Crippen molar-refractivity contribution in [1.82, 2.24) is 24.5 Å². The fraction of sp³-hybridized carbons (Fsp3) is 0.263. The number of nitrogens with one attached hydrogen (secondary N) is 1. The van der Waals surface area contributed by atoms with Crippen LogP contribution in [0.5, 0.6) is 11.5 Å². The molecule has 0 bridgehead atoms.